The molecule has 0 fully saturated rings. The number of aryl methyl sites for hydroxylation is 2. The lowest BCUT2D eigenvalue weighted by Crippen LogP contribution is -2.18. The Kier molecular flexibility index (Phi) is 5.37. The van der Waals surface area contributed by atoms with Crippen LogP contribution in [0, 0.1) is 5.82 Å². The molecule has 2 N–H and O–H groups in total. The zero-order chi connectivity index (χ0) is 15.4. The minimum absolute atomic E-state index is 0.101. The first-order chi connectivity index (χ1) is 10.1. The van der Waals surface area contributed by atoms with Gasteiger partial charge in [-0.15, -0.1) is 0 Å². The molecule has 0 aliphatic heterocycles. The minimum Gasteiger partial charge on any atom is -0.330 e. The molecular weight excluding hydrogens is 289 g/mol. The van der Waals surface area contributed by atoms with Crippen LogP contribution in [-0.2, 0) is 19.4 Å². The van der Waals surface area contributed by atoms with Gasteiger partial charge >= 0.3 is 0 Å². The molecule has 0 aliphatic rings. The molecule has 2 rings (SSSR count). The smallest absolute Gasteiger partial charge is 0.126 e. The van der Waals surface area contributed by atoms with E-state index in [1.54, 1.807) is 12.1 Å². The highest BCUT2D eigenvalue weighted by molar-refractivity contribution is 6.31. The average Bonchev–Trinajstić information content (AvgIpc) is 2.81. The summed E-state index contributed by atoms with van der Waals surface area (Å²) < 4.78 is 15.9. The highest BCUT2D eigenvalue weighted by Gasteiger charge is 2.21. The molecule has 0 saturated carbocycles. The summed E-state index contributed by atoms with van der Waals surface area (Å²) in [5, 5.41) is 5.19. The molecule has 0 saturated heterocycles. The fourth-order valence-corrected chi connectivity index (χ4v) is 2.92. The highest BCUT2D eigenvalue weighted by Crippen LogP contribution is 2.28. The van der Waals surface area contributed by atoms with Gasteiger partial charge < -0.3 is 5.73 Å². The van der Waals surface area contributed by atoms with Gasteiger partial charge in [0, 0.05) is 12.5 Å². The van der Waals surface area contributed by atoms with Crippen molar-refractivity contribution in [1.82, 2.24) is 9.78 Å². The Morgan fingerprint density at radius 2 is 2.05 bits per heavy atom. The second kappa shape index (κ2) is 7.05. The molecule has 1 aromatic heterocycles. The topological polar surface area (TPSA) is 43.8 Å². The Morgan fingerprint density at radius 1 is 1.33 bits per heavy atom. The summed E-state index contributed by atoms with van der Waals surface area (Å²) in [6.45, 7) is 5.15. The van der Waals surface area contributed by atoms with E-state index >= 15 is 0 Å². The predicted molar refractivity (Wildman–Crippen MR) is 84.2 cm³/mol. The first-order valence-electron chi connectivity index (χ1n) is 7.30. The van der Waals surface area contributed by atoms with Gasteiger partial charge in [-0.2, -0.15) is 5.10 Å². The molecule has 5 heteroatoms. The van der Waals surface area contributed by atoms with Crippen molar-refractivity contribution < 1.29 is 4.39 Å². The van der Waals surface area contributed by atoms with Crippen LogP contribution in [0.4, 0.5) is 4.39 Å². The van der Waals surface area contributed by atoms with E-state index < -0.39 is 0 Å². The maximum absolute atomic E-state index is 14.0. The van der Waals surface area contributed by atoms with Crippen molar-refractivity contribution in [2.75, 3.05) is 6.54 Å². The van der Waals surface area contributed by atoms with Crippen LogP contribution in [0.3, 0.4) is 0 Å². The molecule has 1 unspecified atom stereocenters. The lowest BCUT2D eigenvalue weighted by atomic mass is 9.93. The molecule has 0 bridgehead atoms. The highest BCUT2D eigenvalue weighted by atomic mass is 35.5. The summed E-state index contributed by atoms with van der Waals surface area (Å²) in [6.07, 6.45) is 1.38. The lowest BCUT2D eigenvalue weighted by molar-refractivity contribution is 0.550. The van der Waals surface area contributed by atoms with Crippen LogP contribution >= 0.6 is 11.6 Å². The monoisotopic (exact) mass is 309 g/mol. The Balaban J connectivity index is 2.35. The first-order valence-corrected chi connectivity index (χ1v) is 7.68. The second-order valence-electron chi connectivity index (χ2n) is 5.03. The SMILES string of the molecule is CCc1nn(CC)c(CC(CN)c2ccccc2F)c1Cl. The molecule has 1 atom stereocenters. The number of hydrogen-bond acceptors (Lipinski definition) is 2. The molecule has 0 amide bonds. The molecule has 2 aromatic rings. The molecule has 0 aliphatic carbocycles. The number of aromatic nitrogens is 2. The normalized spacial score (nSPS) is 12.6. The van der Waals surface area contributed by atoms with Crippen molar-refractivity contribution >= 4 is 11.6 Å². The zero-order valence-corrected chi connectivity index (χ0v) is 13.2. The summed E-state index contributed by atoms with van der Waals surface area (Å²) in [7, 11) is 0. The maximum atomic E-state index is 14.0. The minimum atomic E-state index is -0.220. The molecule has 21 heavy (non-hydrogen) atoms. The van der Waals surface area contributed by atoms with Crippen molar-refractivity contribution in [3.63, 3.8) is 0 Å². The number of benzene rings is 1. The van der Waals surface area contributed by atoms with Crippen LogP contribution in [0.2, 0.25) is 5.02 Å². The van der Waals surface area contributed by atoms with E-state index in [-0.39, 0.29) is 11.7 Å². The molecular formula is C16H21ClFN3. The lowest BCUT2D eigenvalue weighted by Gasteiger charge is -2.17. The summed E-state index contributed by atoms with van der Waals surface area (Å²) in [5.41, 5.74) is 8.33. The largest absolute Gasteiger partial charge is 0.330 e. The number of nitrogens with zero attached hydrogens (tertiary/aromatic N) is 2. The third kappa shape index (κ3) is 3.27. The van der Waals surface area contributed by atoms with Crippen LogP contribution in [-0.4, -0.2) is 16.3 Å². The van der Waals surface area contributed by atoms with Crippen molar-refractivity contribution in [1.29, 1.82) is 0 Å². The number of hydrogen-bond donors (Lipinski definition) is 1. The van der Waals surface area contributed by atoms with Crippen molar-refractivity contribution in [3.05, 3.63) is 52.1 Å². The van der Waals surface area contributed by atoms with Gasteiger partial charge in [0.05, 0.1) is 16.4 Å². The van der Waals surface area contributed by atoms with E-state index in [4.69, 9.17) is 17.3 Å². The van der Waals surface area contributed by atoms with E-state index in [0.717, 1.165) is 24.4 Å². The first kappa shape index (κ1) is 16.0. The van der Waals surface area contributed by atoms with Crippen LogP contribution < -0.4 is 5.73 Å². The van der Waals surface area contributed by atoms with Crippen molar-refractivity contribution in [2.24, 2.45) is 5.73 Å². The van der Waals surface area contributed by atoms with E-state index in [9.17, 15) is 4.39 Å². The maximum Gasteiger partial charge on any atom is 0.126 e. The number of nitrogens with two attached hydrogens (primary N) is 1. The summed E-state index contributed by atoms with van der Waals surface area (Å²) in [5.74, 6) is -0.322. The fourth-order valence-electron chi connectivity index (χ4n) is 2.57. The summed E-state index contributed by atoms with van der Waals surface area (Å²) in [4.78, 5) is 0. The summed E-state index contributed by atoms with van der Waals surface area (Å²) >= 11 is 6.42. The van der Waals surface area contributed by atoms with Crippen LogP contribution in [0.1, 0.15) is 36.7 Å². The van der Waals surface area contributed by atoms with Gasteiger partial charge in [0.1, 0.15) is 5.82 Å². The van der Waals surface area contributed by atoms with Crippen LogP contribution in [0.15, 0.2) is 24.3 Å². The second-order valence-corrected chi connectivity index (χ2v) is 5.41. The van der Waals surface area contributed by atoms with E-state index in [2.05, 4.69) is 5.10 Å². The van der Waals surface area contributed by atoms with Crippen LogP contribution in [0.25, 0.3) is 0 Å². The zero-order valence-electron chi connectivity index (χ0n) is 12.4. The number of halogens is 2. The van der Waals surface area contributed by atoms with Gasteiger partial charge in [0.2, 0.25) is 0 Å². The molecule has 1 heterocycles. The molecule has 0 spiro atoms. The van der Waals surface area contributed by atoms with Gasteiger partial charge in [0.25, 0.3) is 0 Å². The van der Waals surface area contributed by atoms with Gasteiger partial charge in [-0.3, -0.25) is 4.68 Å². The van der Waals surface area contributed by atoms with Gasteiger partial charge in [-0.1, -0.05) is 36.7 Å². The van der Waals surface area contributed by atoms with Gasteiger partial charge in [0.15, 0.2) is 0 Å². The van der Waals surface area contributed by atoms with Gasteiger partial charge in [-0.25, -0.2) is 4.39 Å². The third-order valence-electron chi connectivity index (χ3n) is 3.76. The Morgan fingerprint density at radius 3 is 2.62 bits per heavy atom. The molecule has 114 valence electrons. The third-order valence-corrected chi connectivity index (χ3v) is 4.20. The number of rotatable bonds is 6. The van der Waals surface area contributed by atoms with E-state index in [0.29, 0.717) is 23.6 Å². The van der Waals surface area contributed by atoms with E-state index in [1.165, 1.54) is 6.07 Å². The van der Waals surface area contributed by atoms with Crippen LogP contribution in [0.5, 0.6) is 0 Å². The average molecular weight is 310 g/mol. The quantitative estimate of drug-likeness (QED) is 0.887. The predicted octanol–water partition coefficient (Wildman–Crippen LogP) is 3.54. The van der Waals surface area contributed by atoms with Crippen molar-refractivity contribution in [2.45, 2.75) is 39.2 Å². The Bertz CT molecular complexity index is 610. The summed E-state index contributed by atoms with van der Waals surface area (Å²) in [6, 6.07) is 6.77. The van der Waals surface area contributed by atoms with Crippen molar-refractivity contribution in [3.8, 4) is 0 Å². The molecule has 0 radical (unpaired) electrons. The Hall–Kier alpha value is -1.39. The molecule has 1 aromatic carbocycles. The van der Waals surface area contributed by atoms with E-state index in [1.807, 2.05) is 24.6 Å². The molecule has 3 nitrogen and oxygen atoms in total. The Labute approximate surface area is 129 Å². The standard InChI is InChI=1S/C16H21ClFN3/c1-3-14-16(17)15(21(4-2)20-14)9-11(10-19)12-7-5-6-8-13(12)18/h5-8,11H,3-4,9-10,19H2,1-2H3. The fraction of sp³-hybridized carbons (Fsp3) is 0.438. The van der Waals surface area contributed by atoms with Gasteiger partial charge in [-0.05, 0) is 37.9 Å².